The molecule has 6 heteroatoms. The van der Waals surface area contributed by atoms with Crippen molar-refractivity contribution in [2.24, 2.45) is 5.73 Å². The van der Waals surface area contributed by atoms with Crippen LogP contribution in [0.1, 0.15) is 21.5 Å². The molecule has 3 nitrogen and oxygen atoms in total. The van der Waals surface area contributed by atoms with E-state index in [2.05, 4.69) is 0 Å². The zero-order valence-corrected chi connectivity index (χ0v) is 11.6. The summed E-state index contributed by atoms with van der Waals surface area (Å²) < 4.78 is 45.1. The third-order valence-corrected chi connectivity index (χ3v) is 2.99. The zero-order valence-electron chi connectivity index (χ0n) is 11.6. The fourth-order valence-corrected chi connectivity index (χ4v) is 1.90. The summed E-state index contributed by atoms with van der Waals surface area (Å²) in [4.78, 5) is 11.2. The van der Waals surface area contributed by atoms with E-state index in [0.717, 1.165) is 6.08 Å². The Kier molecular flexibility index (Phi) is 4.50. The third-order valence-electron chi connectivity index (χ3n) is 2.99. The molecule has 0 aliphatic heterocycles. The highest BCUT2D eigenvalue weighted by atomic mass is 19.1. The van der Waals surface area contributed by atoms with Gasteiger partial charge in [0.1, 0.15) is 23.2 Å². The molecule has 114 valence electrons. The molecule has 0 atom stereocenters. The molecule has 2 aromatic carbocycles. The van der Waals surface area contributed by atoms with Crippen LogP contribution in [0.3, 0.4) is 0 Å². The molecule has 1 amide bonds. The number of primary amides is 1. The molecule has 0 aromatic heterocycles. The summed E-state index contributed by atoms with van der Waals surface area (Å²) in [5.74, 6) is -3.31. The SMILES string of the molecule is COc1ccc(C(N)=O)cc1/C=C/c1c(F)cc(F)cc1F. The molecular weight excluding hydrogens is 295 g/mol. The topological polar surface area (TPSA) is 52.3 Å². The molecule has 0 heterocycles. The van der Waals surface area contributed by atoms with Crippen LogP contribution in [0.5, 0.6) is 5.75 Å². The number of carbonyl (C=O) groups is 1. The Morgan fingerprint density at radius 3 is 2.27 bits per heavy atom. The monoisotopic (exact) mass is 307 g/mol. The highest BCUT2D eigenvalue weighted by molar-refractivity contribution is 5.94. The molecule has 0 saturated carbocycles. The molecule has 2 rings (SSSR count). The van der Waals surface area contributed by atoms with E-state index in [1.165, 1.54) is 31.4 Å². The van der Waals surface area contributed by atoms with Crippen LogP contribution in [0.25, 0.3) is 12.2 Å². The van der Waals surface area contributed by atoms with Crippen molar-refractivity contribution in [2.45, 2.75) is 0 Å². The van der Waals surface area contributed by atoms with Gasteiger partial charge in [-0.25, -0.2) is 13.2 Å². The average molecular weight is 307 g/mol. The highest BCUT2D eigenvalue weighted by Gasteiger charge is 2.10. The van der Waals surface area contributed by atoms with Gasteiger partial charge in [-0.05, 0) is 24.3 Å². The minimum absolute atomic E-state index is 0.223. The molecule has 0 bridgehead atoms. The van der Waals surface area contributed by atoms with Crippen LogP contribution in [-0.2, 0) is 0 Å². The van der Waals surface area contributed by atoms with Crippen LogP contribution in [0.2, 0.25) is 0 Å². The number of carbonyl (C=O) groups excluding carboxylic acids is 1. The number of nitrogens with two attached hydrogens (primary N) is 1. The van der Waals surface area contributed by atoms with E-state index < -0.39 is 28.9 Å². The lowest BCUT2D eigenvalue weighted by Gasteiger charge is -2.06. The van der Waals surface area contributed by atoms with Crippen molar-refractivity contribution < 1.29 is 22.7 Å². The van der Waals surface area contributed by atoms with Gasteiger partial charge in [0.25, 0.3) is 0 Å². The van der Waals surface area contributed by atoms with Gasteiger partial charge in [-0.15, -0.1) is 0 Å². The van der Waals surface area contributed by atoms with E-state index in [1.807, 2.05) is 0 Å². The number of hydrogen-bond acceptors (Lipinski definition) is 2. The summed E-state index contributed by atoms with van der Waals surface area (Å²) in [5, 5.41) is 0. The van der Waals surface area contributed by atoms with Crippen molar-refractivity contribution in [3.63, 3.8) is 0 Å². The molecule has 0 radical (unpaired) electrons. The van der Waals surface area contributed by atoms with Crippen molar-refractivity contribution >= 4 is 18.1 Å². The van der Waals surface area contributed by atoms with Crippen LogP contribution in [-0.4, -0.2) is 13.0 Å². The maximum Gasteiger partial charge on any atom is 0.248 e. The normalized spacial score (nSPS) is 10.9. The van der Waals surface area contributed by atoms with Crippen molar-refractivity contribution in [2.75, 3.05) is 7.11 Å². The van der Waals surface area contributed by atoms with Gasteiger partial charge in [0.2, 0.25) is 5.91 Å². The number of amides is 1. The van der Waals surface area contributed by atoms with Crippen molar-refractivity contribution in [1.29, 1.82) is 0 Å². The van der Waals surface area contributed by atoms with Crippen LogP contribution in [0, 0.1) is 17.5 Å². The lowest BCUT2D eigenvalue weighted by Crippen LogP contribution is -2.10. The molecule has 0 unspecified atom stereocenters. The number of hydrogen-bond donors (Lipinski definition) is 1. The summed E-state index contributed by atoms with van der Waals surface area (Å²) in [6.07, 6.45) is 2.48. The standard InChI is InChI=1S/C16H12F3NO2/c1-22-15-5-3-10(16(20)21)6-9(15)2-4-12-13(18)7-11(17)8-14(12)19/h2-8H,1H3,(H2,20,21)/b4-2+. The first-order valence-electron chi connectivity index (χ1n) is 6.23. The fraction of sp³-hybridized carbons (Fsp3) is 0.0625. The smallest absolute Gasteiger partial charge is 0.248 e. The van der Waals surface area contributed by atoms with Crippen molar-refractivity contribution in [3.05, 3.63) is 64.5 Å². The summed E-state index contributed by atoms with van der Waals surface area (Å²) >= 11 is 0. The van der Waals surface area contributed by atoms with Crippen LogP contribution in [0.4, 0.5) is 13.2 Å². The molecule has 0 aliphatic carbocycles. The van der Waals surface area contributed by atoms with Gasteiger partial charge in [-0.1, -0.05) is 6.08 Å². The summed E-state index contributed by atoms with van der Waals surface area (Å²) in [6, 6.07) is 5.57. The second-order valence-electron chi connectivity index (χ2n) is 4.44. The number of ether oxygens (including phenoxy) is 1. The van der Waals surface area contributed by atoms with E-state index in [-0.39, 0.29) is 5.56 Å². The summed E-state index contributed by atoms with van der Waals surface area (Å²) in [5.41, 5.74) is 5.41. The van der Waals surface area contributed by atoms with E-state index in [4.69, 9.17) is 10.5 Å². The quantitative estimate of drug-likeness (QED) is 0.880. The Hall–Kier alpha value is -2.76. The van der Waals surface area contributed by atoms with Gasteiger partial charge in [-0.2, -0.15) is 0 Å². The molecular formula is C16H12F3NO2. The second kappa shape index (κ2) is 6.34. The minimum atomic E-state index is -1.03. The van der Waals surface area contributed by atoms with Gasteiger partial charge in [-0.3, -0.25) is 4.79 Å². The maximum absolute atomic E-state index is 13.6. The Morgan fingerprint density at radius 1 is 1.09 bits per heavy atom. The average Bonchev–Trinajstić information content (AvgIpc) is 2.45. The predicted octanol–water partition coefficient (Wildman–Crippen LogP) is 3.38. The molecule has 0 fully saturated rings. The fourth-order valence-electron chi connectivity index (χ4n) is 1.90. The van der Waals surface area contributed by atoms with Gasteiger partial charge >= 0.3 is 0 Å². The summed E-state index contributed by atoms with van der Waals surface area (Å²) in [7, 11) is 1.41. The number of methoxy groups -OCH3 is 1. The number of halogens is 3. The third kappa shape index (κ3) is 3.28. The zero-order chi connectivity index (χ0) is 16.3. The van der Waals surface area contributed by atoms with E-state index in [0.29, 0.717) is 23.4 Å². The molecule has 0 spiro atoms. The Bertz CT molecular complexity index is 734. The predicted molar refractivity (Wildman–Crippen MR) is 76.8 cm³/mol. The van der Waals surface area contributed by atoms with Gasteiger partial charge in [0.15, 0.2) is 0 Å². The largest absolute Gasteiger partial charge is 0.496 e. The number of rotatable bonds is 4. The minimum Gasteiger partial charge on any atom is -0.496 e. The van der Waals surface area contributed by atoms with E-state index in [9.17, 15) is 18.0 Å². The molecule has 2 N–H and O–H groups in total. The number of benzene rings is 2. The Morgan fingerprint density at radius 2 is 1.73 bits per heavy atom. The Labute approximate surface area is 124 Å². The molecule has 2 aromatic rings. The first-order valence-corrected chi connectivity index (χ1v) is 6.23. The van der Waals surface area contributed by atoms with Crippen molar-refractivity contribution in [1.82, 2.24) is 0 Å². The second-order valence-corrected chi connectivity index (χ2v) is 4.44. The van der Waals surface area contributed by atoms with Gasteiger partial charge < -0.3 is 10.5 Å². The first kappa shape index (κ1) is 15.6. The van der Waals surface area contributed by atoms with Gasteiger partial charge in [0, 0.05) is 28.8 Å². The van der Waals surface area contributed by atoms with E-state index in [1.54, 1.807) is 0 Å². The molecule has 0 aliphatic rings. The Balaban J connectivity index is 2.46. The first-order chi connectivity index (χ1) is 10.4. The maximum atomic E-state index is 13.6. The lowest BCUT2D eigenvalue weighted by atomic mass is 10.1. The van der Waals surface area contributed by atoms with Crippen LogP contribution in [0.15, 0.2) is 30.3 Å². The van der Waals surface area contributed by atoms with Crippen LogP contribution < -0.4 is 10.5 Å². The van der Waals surface area contributed by atoms with Crippen molar-refractivity contribution in [3.8, 4) is 5.75 Å². The van der Waals surface area contributed by atoms with E-state index >= 15 is 0 Å². The molecule has 0 saturated heterocycles. The molecule has 22 heavy (non-hydrogen) atoms. The van der Waals surface area contributed by atoms with Crippen LogP contribution >= 0.6 is 0 Å². The highest BCUT2D eigenvalue weighted by Crippen LogP contribution is 2.24. The lowest BCUT2D eigenvalue weighted by molar-refractivity contribution is 0.1000. The summed E-state index contributed by atoms with van der Waals surface area (Å²) in [6.45, 7) is 0. The van der Waals surface area contributed by atoms with Gasteiger partial charge in [0.05, 0.1) is 7.11 Å².